The Labute approximate surface area is 133 Å². The van der Waals surface area contributed by atoms with Crippen LogP contribution in [-0.4, -0.2) is 46.9 Å². The minimum atomic E-state index is -1.41. The lowest BCUT2D eigenvalue weighted by molar-refractivity contribution is -0.141. The number of hydrogen-bond acceptors (Lipinski definition) is 5. The molecule has 2 N–H and O–H groups in total. The molecule has 0 bridgehead atoms. The largest absolute Gasteiger partial charge is 0.454 e. The first-order valence-corrected chi connectivity index (χ1v) is 7.59. The predicted molar refractivity (Wildman–Crippen MR) is 79.2 cm³/mol. The molecule has 0 aromatic carbocycles. The first-order chi connectivity index (χ1) is 10.4. The summed E-state index contributed by atoms with van der Waals surface area (Å²) in [7, 11) is 0. The van der Waals surface area contributed by atoms with Crippen molar-refractivity contribution in [2.24, 2.45) is 0 Å². The van der Waals surface area contributed by atoms with Crippen LogP contribution in [0.4, 0.5) is 0 Å². The zero-order valence-corrected chi connectivity index (χ0v) is 12.9. The number of carbonyl (C=O) groups excluding carboxylic acids is 3. The molecule has 0 spiro atoms. The van der Waals surface area contributed by atoms with Gasteiger partial charge in [0.05, 0.1) is 11.7 Å². The quantitative estimate of drug-likeness (QED) is 0.439. The van der Waals surface area contributed by atoms with Gasteiger partial charge in [-0.05, 0) is 37.8 Å². The average molecular weight is 328 g/mol. The Morgan fingerprint density at radius 3 is 2.95 bits per heavy atom. The summed E-state index contributed by atoms with van der Waals surface area (Å²) in [5, 5.41) is 12.2. The molecular weight excluding hydrogens is 310 g/mol. The summed E-state index contributed by atoms with van der Waals surface area (Å²) in [6, 6.07) is -1.02. The zero-order chi connectivity index (χ0) is 16.3. The number of hydrogen-bond donors (Lipinski definition) is 2. The molecule has 3 atom stereocenters. The molecule has 1 amide bonds. The van der Waals surface area contributed by atoms with Crippen molar-refractivity contribution in [3.8, 4) is 0 Å². The maximum atomic E-state index is 12.7. The molecule has 1 aliphatic heterocycles. The lowest BCUT2D eigenvalue weighted by Crippen LogP contribution is -2.49. The zero-order valence-electron chi connectivity index (χ0n) is 12.2. The minimum Gasteiger partial charge on any atom is -0.454 e. The Bertz CT molecular complexity index is 556. The highest BCUT2D eigenvalue weighted by Crippen LogP contribution is 2.34. The molecule has 0 radical (unpaired) electrons. The number of alkyl halides is 1. The number of rotatable bonds is 5. The molecule has 2 rings (SSSR count). The first kappa shape index (κ1) is 16.7. The van der Waals surface area contributed by atoms with Gasteiger partial charge in [0.1, 0.15) is 6.04 Å². The van der Waals surface area contributed by atoms with Crippen LogP contribution in [0.25, 0.3) is 0 Å². The van der Waals surface area contributed by atoms with Crippen LogP contribution in [0.3, 0.4) is 0 Å². The van der Waals surface area contributed by atoms with Crippen molar-refractivity contribution in [1.29, 1.82) is 0 Å². The summed E-state index contributed by atoms with van der Waals surface area (Å²) >= 11 is 5.64. The van der Waals surface area contributed by atoms with E-state index in [9.17, 15) is 19.5 Å². The van der Waals surface area contributed by atoms with Crippen LogP contribution in [0.5, 0.6) is 0 Å². The molecule has 6 nitrogen and oxygen atoms in total. The molecule has 22 heavy (non-hydrogen) atoms. The van der Waals surface area contributed by atoms with Crippen molar-refractivity contribution in [3.63, 3.8) is 0 Å². The standard InChI is InChI=1S/C15H18ClNO5/c1-15(22-8-18)11(5-6-16)14(21)17-13(15)12(20)9-3-2-4-10(19)7-9/h5,7-8,10,13,19H,2-4,6H2,1H3,(H,17,21)/b11-5-/t10?,13-,15+/m1/s1. The van der Waals surface area contributed by atoms with Crippen LogP contribution >= 0.6 is 11.6 Å². The number of nitrogens with one attached hydrogen (secondary N) is 1. The van der Waals surface area contributed by atoms with Crippen molar-refractivity contribution >= 4 is 29.8 Å². The molecule has 1 unspecified atom stereocenters. The number of allylic oxidation sites excluding steroid dienone is 1. The van der Waals surface area contributed by atoms with Gasteiger partial charge in [0.25, 0.3) is 12.4 Å². The van der Waals surface area contributed by atoms with Crippen molar-refractivity contribution in [1.82, 2.24) is 5.32 Å². The molecule has 7 heteroatoms. The topological polar surface area (TPSA) is 92.7 Å². The SMILES string of the molecule is C[C@]1(OC=O)/C(=C\CCl)C(=O)N[C@@H]1C(=O)C1=CC(O)CCC1. The molecule has 0 aromatic rings. The third-order valence-electron chi connectivity index (χ3n) is 4.10. The number of aliphatic hydroxyl groups excluding tert-OH is 1. The average Bonchev–Trinajstić information content (AvgIpc) is 2.72. The summed E-state index contributed by atoms with van der Waals surface area (Å²) in [6.45, 7) is 1.72. The number of aliphatic hydroxyl groups is 1. The van der Waals surface area contributed by atoms with Gasteiger partial charge in [-0.25, -0.2) is 0 Å². The van der Waals surface area contributed by atoms with Gasteiger partial charge in [-0.1, -0.05) is 6.08 Å². The summed E-state index contributed by atoms with van der Waals surface area (Å²) in [6.07, 6.45) is 4.08. The summed E-state index contributed by atoms with van der Waals surface area (Å²) < 4.78 is 5.08. The van der Waals surface area contributed by atoms with Gasteiger partial charge in [0.15, 0.2) is 11.4 Å². The van der Waals surface area contributed by atoms with Gasteiger partial charge in [-0.2, -0.15) is 0 Å². The number of carbonyl (C=O) groups is 3. The van der Waals surface area contributed by atoms with Crippen LogP contribution in [0.2, 0.25) is 0 Å². The Balaban J connectivity index is 2.36. The smallest absolute Gasteiger partial charge is 0.294 e. The summed E-state index contributed by atoms with van der Waals surface area (Å²) in [4.78, 5) is 35.6. The molecule has 0 aromatic heterocycles. The van der Waals surface area contributed by atoms with E-state index < -0.39 is 23.7 Å². The number of Topliss-reactive ketones (excluding diaryl/α,β-unsaturated/α-hetero) is 1. The Hall–Kier alpha value is -1.66. The maximum absolute atomic E-state index is 12.7. The van der Waals surface area contributed by atoms with E-state index in [2.05, 4.69) is 5.32 Å². The monoisotopic (exact) mass is 327 g/mol. The lowest BCUT2D eigenvalue weighted by Gasteiger charge is -2.29. The Morgan fingerprint density at radius 2 is 2.36 bits per heavy atom. The van der Waals surface area contributed by atoms with Gasteiger partial charge in [0, 0.05) is 5.88 Å². The van der Waals surface area contributed by atoms with Gasteiger partial charge in [0.2, 0.25) is 0 Å². The molecule has 2 aliphatic rings. The minimum absolute atomic E-state index is 0.0584. The number of ketones is 1. The summed E-state index contributed by atoms with van der Waals surface area (Å²) in [5.74, 6) is -0.780. The van der Waals surface area contributed by atoms with Gasteiger partial charge >= 0.3 is 0 Å². The Morgan fingerprint density at radius 1 is 1.64 bits per heavy atom. The molecular formula is C15H18ClNO5. The van der Waals surface area contributed by atoms with Crippen molar-refractivity contribution in [2.75, 3.05) is 5.88 Å². The number of halogens is 1. The van der Waals surface area contributed by atoms with E-state index in [1.807, 2.05) is 0 Å². The van der Waals surface area contributed by atoms with Crippen molar-refractivity contribution in [3.05, 3.63) is 23.3 Å². The van der Waals surface area contributed by atoms with E-state index in [0.717, 1.165) is 0 Å². The summed E-state index contributed by atoms with van der Waals surface area (Å²) in [5.41, 5.74) is -0.810. The van der Waals surface area contributed by atoms with E-state index in [-0.39, 0.29) is 23.7 Å². The van der Waals surface area contributed by atoms with Crippen molar-refractivity contribution in [2.45, 2.75) is 43.9 Å². The van der Waals surface area contributed by atoms with Crippen LogP contribution in [0, 0.1) is 0 Å². The second kappa shape index (κ2) is 6.62. The van der Waals surface area contributed by atoms with Gasteiger partial charge in [-0.3, -0.25) is 14.4 Å². The number of amides is 1. The highest BCUT2D eigenvalue weighted by atomic mass is 35.5. The second-order valence-corrected chi connectivity index (χ2v) is 5.82. The van der Waals surface area contributed by atoms with Crippen LogP contribution in [0.1, 0.15) is 26.2 Å². The molecule has 1 fully saturated rings. The van der Waals surface area contributed by atoms with E-state index >= 15 is 0 Å². The van der Waals surface area contributed by atoms with Crippen LogP contribution < -0.4 is 5.32 Å². The predicted octanol–water partition coefficient (Wildman–Crippen LogP) is 0.622. The third kappa shape index (κ3) is 2.94. The lowest BCUT2D eigenvalue weighted by atomic mass is 9.84. The van der Waals surface area contributed by atoms with E-state index in [1.165, 1.54) is 19.1 Å². The van der Waals surface area contributed by atoms with Gasteiger partial charge < -0.3 is 15.2 Å². The molecule has 1 heterocycles. The fourth-order valence-corrected chi connectivity index (χ4v) is 3.09. The molecule has 1 aliphatic carbocycles. The van der Waals surface area contributed by atoms with E-state index in [0.29, 0.717) is 24.8 Å². The first-order valence-electron chi connectivity index (χ1n) is 7.06. The molecule has 1 saturated heterocycles. The highest BCUT2D eigenvalue weighted by molar-refractivity contribution is 6.19. The second-order valence-electron chi connectivity index (χ2n) is 5.52. The fourth-order valence-electron chi connectivity index (χ4n) is 2.94. The maximum Gasteiger partial charge on any atom is 0.294 e. The van der Waals surface area contributed by atoms with Crippen molar-refractivity contribution < 1.29 is 24.2 Å². The van der Waals surface area contributed by atoms with Gasteiger partial charge in [-0.15, -0.1) is 11.6 Å². The number of ether oxygens (including phenoxy) is 1. The molecule has 0 saturated carbocycles. The fraction of sp³-hybridized carbons (Fsp3) is 0.533. The Kier molecular flexibility index (Phi) is 5.03. The highest BCUT2D eigenvalue weighted by Gasteiger charge is 2.53. The van der Waals surface area contributed by atoms with E-state index in [1.54, 1.807) is 0 Å². The van der Waals surface area contributed by atoms with E-state index in [4.69, 9.17) is 16.3 Å². The normalized spacial score (nSPS) is 33.3. The van der Waals surface area contributed by atoms with Crippen LogP contribution in [-0.2, 0) is 19.1 Å². The van der Waals surface area contributed by atoms with Crippen LogP contribution in [0.15, 0.2) is 23.3 Å². The molecule has 120 valence electrons. The third-order valence-corrected chi connectivity index (χ3v) is 4.25.